The summed E-state index contributed by atoms with van der Waals surface area (Å²) in [7, 11) is 0. The number of likely N-dealkylation sites (tertiary alicyclic amines) is 1. The highest BCUT2D eigenvalue weighted by molar-refractivity contribution is 6.01. The number of hydrogen-bond acceptors (Lipinski definition) is 3. The van der Waals surface area contributed by atoms with Gasteiger partial charge in [-0.25, -0.2) is 4.39 Å². The number of primary amides is 1. The predicted molar refractivity (Wildman–Crippen MR) is 122 cm³/mol. The fourth-order valence-electron chi connectivity index (χ4n) is 5.73. The highest BCUT2D eigenvalue weighted by atomic mass is 19.1. The number of nitrogens with two attached hydrogens (primary N) is 1. The van der Waals surface area contributed by atoms with Crippen LogP contribution in [-0.2, 0) is 11.2 Å². The van der Waals surface area contributed by atoms with Gasteiger partial charge in [-0.1, -0.05) is 30.2 Å². The van der Waals surface area contributed by atoms with Crippen LogP contribution in [0.25, 0.3) is 11.1 Å². The monoisotopic (exact) mass is 431 g/mol. The molecule has 5 nitrogen and oxygen atoms in total. The molecule has 2 atom stereocenters. The second-order valence-electron chi connectivity index (χ2n) is 8.98. The van der Waals surface area contributed by atoms with Gasteiger partial charge in [0.25, 0.3) is 5.91 Å². The fraction of sp³-hybridized carbons (Fsp3) is 0.385. The van der Waals surface area contributed by atoms with Crippen molar-refractivity contribution in [3.8, 4) is 23.0 Å². The van der Waals surface area contributed by atoms with E-state index in [2.05, 4.69) is 16.7 Å². The molecule has 0 radical (unpaired) electrons. The SMILES string of the molecule is CC#CC(=O)N1CCC2CCN(c3c(F)cc(C(N)=O)c4c3-c3ccccc3C4)CC2C1. The van der Waals surface area contributed by atoms with E-state index in [9.17, 15) is 9.59 Å². The molecule has 2 unspecified atom stereocenters. The number of nitrogens with zero attached hydrogens (tertiary/aromatic N) is 2. The minimum Gasteiger partial charge on any atom is -0.368 e. The first-order chi connectivity index (χ1) is 15.5. The maximum Gasteiger partial charge on any atom is 0.298 e. The van der Waals surface area contributed by atoms with Crippen LogP contribution in [0.2, 0.25) is 0 Å². The van der Waals surface area contributed by atoms with Crippen molar-refractivity contribution in [1.29, 1.82) is 0 Å². The third-order valence-electron chi connectivity index (χ3n) is 7.23. The Bertz CT molecular complexity index is 1180. The van der Waals surface area contributed by atoms with E-state index in [1.54, 1.807) is 6.92 Å². The third-order valence-corrected chi connectivity index (χ3v) is 7.23. The third kappa shape index (κ3) is 3.33. The highest BCUT2D eigenvalue weighted by Crippen LogP contribution is 2.47. The highest BCUT2D eigenvalue weighted by Gasteiger charge is 2.38. The number of rotatable bonds is 2. The summed E-state index contributed by atoms with van der Waals surface area (Å²) in [5.74, 6) is 4.99. The Morgan fingerprint density at radius 3 is 2.69 bits per heavy atom. The van der Waals surface area contributed by atoms with Gasteiger partial charge in [0.15, 0.2) is 0 Å². The standard InChI is InChI=1S/C26H26FN3O2/c1-2-5-23(31)29-10-8-16-9-11-30(15-18(16)14-29)25-22(27)13-21(26(28)32)20-12-17-6-3-4-7-19(17)24(20)25/h3-4,6-7,13,16,18H,8-12,14-15H2,1H3,(H2,28,32). The summed E-state index contributed by atoms with van der Waals surface area (Å²) >= 11 is 0. The van der Waals surface area contributed by atoms with Crippen LogP contribution in [0.4, 0.5) is 10.1 Å². The summed E-state index contributed by atoms with van der Waals surface area (Å²) in [5, 5.41) is 0. The van der Waals surface area contributed by atoms with Crippen LogP contribution in [0.3, 0.4) is 0 Å². The lowest BCUT2D eigenvalue weighted by Crippen LogP contribution is -2.51. The molecule has 2 aliphatic heterocycles. The molecular weight excluding hydrogens is 405 g/mol. The summed E-state index contributed by atoms with van der Waals surface area (Å²) in [6.45, 7) is 4.48. The van der Waals surface area contributed by atoms with E-state index >= 15 is 4.39 Å². The first-order valence-corrected chi connectivity index (χ1v) is 11.2. The minimum atomic E-state index is -0.600. The number of amides is 2. The maximum atomic E-state index is 15.5. The van der Waals surface area contributed by atoms with Gasteiger partial charge >= 0.3 is 0 Å². The predicted octanol–water partition coefficient (Wildman–Crippen LogP) is 3.19. The van der Waals surface area contributed by atoms with Gasteiger partial charge in [-0.3, -0.25) is 9.59 Å². The number of halogens is 1. The number of fused-ring (bicyclic) bond motifs is 4. The van der Waals surface area contributed by atoms with Crippen molar-refractivity contribution in [2.45, 2.75) is 26.2 Å². The number of hydrogen-bond donors (Lipinski definition) is 1. The molecule has 2 heterocycles. The fourth-order valence-corrected chi connectivity index (χ4v) is 5.73. The van der Waals surface area contributed by atoms with Gasteiger partial charge in [-0.2, -0.15) is 0 Å². The summed E-state index contributed by atoms with van der Waals surface area (Å²) in [5.41, 5.74) is 10.1. The Morgan fingerprint density at radius 1 is 1.12 bits per heavy atom. The smallest absolute Gasteiger partial charge is 0.298 e. The molecule has 3 aliphatic rings. The number of piperidine rings is 2. The lowest BCUT2D eigenvalue weighted by atomic mass is 9.79. The van der Waals surface area contributed by atoms with Crippen molar-refractivity contribution >= 4 is 17.5 Å². The molecule has 164 valence electrons. The Balaban J connectivity index is 1.52. The van der Waals surface area contributed by atoms with Crippen LogP contribution in [0.1, 0.15) is 41.3 Å². The Kier molecular flexibility index (Phi) is 5.13. The zero-order valence-corrected chi connectivity index (χ0v) is 18.2. The van der Waals surface area contributed by atoms with Crippen LogP contribution >= 0.6 is 0 Å². The van der Waals surface area contributed by atoms with E-state index in [0.717, 1.165) is 48.2 Å². The Hall–Kier alpha value is -3.33. The molecule has 2 fully saturated rings. The van der Waals surface area contributed by atoms with E-state index < -0.39 is 11.7 Å². The zero-order chi connectivity index (χ0) is 22.4. The Labute approximate surface area is 187 Å². The second kappa shape index (κ2) is 7.98. The Morgan fingerprint density at radius 2 is 1.91 bits per heavy atom. The molecule has 2 amide bonds. The molecule has 2 aromatic rings. The molecule has 2 aromatic carbocycles. The molecule has 0 bridgehead atoms. The van der Waals surface area contributed by atoms with Gasteiger partial charge in [-0.15, -0.1) is 0 Å². The summed E-state index contributed by atoms with van der Waals surface area (Å²) in [6, 6.07) is 9.22. The van der Waals surface area contributed by atoms with Crippen molar-refractivity contribution in [1.82, 2.24) is 4.90 Å². The van der Waals surface area contributed by atoms with E-state index in [1.165, 1.54) is 6.07 Å². The summed E-state index contributed by atoms with van der Waals surface area (Å²) < 4.78 is 15.5. The number of benzene rings is 2. The van der Waals surface area contributed by atoms with Crippen LogP contribution in [0.15, 0.2) is 30.3 Å². The van der Waals surface area contributed by atoms with Crippen molar-refractivity contribution in [3.05, 3.63) is 52.8 Å². The van der Waals surface area contributed by atoms with Crippen LogP contribution < -0.4 is 10.6 Å². The largest absolute Gasteiger partial charge is 0.368 e. The first-order valence-electron chi connectivity index (χ1n) is 11.2. The molecule has 2 N–H and O–H groups in total. The zero-order valence-electron chi connectivity index (χ0n) is 18.2. The molecule has 1 aliphatic carbocycles. The lowest BCUT2D eigenvalue weighted by molar-refractivity contribution is -0.127. The van der Waals surface area contributed by atoms with Crippen molar-refractivity contribution < 1.29 is 14.0 Å². The van der Waals surface area contributed by atoms with Gasteiger partial charge in [0, 0.05) is 37.3 Å². The van der Waals surface area contributed by atoms with Gasteiger partial charge in [0.2, 0.25) is 5.91 Å². The average molecular weight is 432 g/mol. The molecule has 0 spiro atoms. The first kappa shape index (κ1) is 20.6. The van der Waals surface area contributed by atoms with Crippen molar-refractivity contribution in [2.75, 3.05) is 31.1 Å². The van der Waals surface area contributed by atoms with Crippen LogP contribution in [-0.4, -0.2) is 42.9 Å². The van der Waals surface area contributed by atoms with Gasteiger partial charge in [0.1, 0.15) is 5.82 Å². The molecule has 6 heteroatoms. The van der Waals surface area contributed by atoms with Crippen LogP contribution in [0, 0.1) is 29.5 Å². The van der Waals surface area contributed by atoms with Gasteiger partial charge < -0.3 is 15.5 Å². The molecule has 0 saturated carbocycles. The van der Waals surface area contributed by atoms with E-state index in [4.69, 9.17) is 5.73 Å². The topological polar surface area (TPSA) is 66.6 Å². The molecule has 5 rings (SSSR count). The summed E-state index contributed by atoms with van der Waals surface area (Å²) in [4.78, 5) is 28.3. The number of carbonyl (C=O) groups is 2. The lowest BCUT2D eigenvalue weighted by Gasteiger charge is -2.45. The van der Waals surface area contributed by atoms with E-state index in [1.807, 2.05) is 29.2 Å². The quantitative estimate of drug-likeness (QED) is 0.634. The molecule has 0 aromatic heterocycles. The molecule has 2 saturated heterocycles. The molecule has 32 heavy (non-hydrogen) atoms. The summed E-state index contributed by atoms with van der Waals surface area (Å²) in [6.07, 6.45) is 2.49. The number of carbonyl (C=O) groups excluding carboxylic acids is 2. The minimum absolute atomic E-state index is 0.130. The molecular formula is C26H26FN3O2. The second-order valence-corrected chi connectivity index (χ2v) is 8.98. The van der Waals surface area contributed by atoms with E-state index in [0.29, 0.717) is 31.1 Å². The van der Waals surface area contributed by atoms with Crippen molar-refractivity contribution in [3.63, 3.8) is 0 Å². The van der Waals surface area contributed by atoms with Crippen molar-refractivity contribution in [2.24, 2.45) is 17.6 Å². The van der Waals surface area contributed by atoms with E-state index in [-0.39, 0.29) is 17.4 Å². The van der Waals surface area contributed by atoms with Gasteiger partial charge in [0.05, 0.1) is 5.69 Å². The maximum absolute atomic E-state index is 15.5. The normalized spacial score (nSPS) is 21.2. The number of anilines is 1. The van der Waals surface area contributed by atoms with Gasteiger partial charge in [-0.05, 0) is 66.7 Å². The average Bonchev–Trinajstić information content (AvgIpc) is 3.17. The van der Waals surface area contributed by atoms with Crippen LogP contribution in [0.5, 0.6) is 0 Å².